The van der Waals surface area contributed by atoms with E-state index in [0.29, 0.717) is 19.4 Å². The summed E-state index contributed by atoms with van der Waals surface area (Å²) in [5, 5.41) is 0. The van der Waals surface area contributed by atoms with Gasteiger partial charge in [-0.3, -0.25) is 9.59 Å². The Hall–Kier alpha value is -1.10. The number of rotatable bonds is 28. The molecule has 1 rings (SSSR count). The number of ether oxygens (including phenoxy) is 2. The molecule has 5 nitrogen and oxygen atoms in total. The molecule has 0 heterocycles. The van der Waals surface area contributed by atoms with E-state index in [-0.39, 0.29) is 18.0 Å². The molecule has 5 heteroatoms. The maximum atomic E-state index is 12.4. The van der Waals surface area contributed by atoms with E-state index in [1.54, 1.807) is 0 Å². The Morgan fingerprint density at radius 2 is 1.18 bits per heavy atom. The summed E-state index contributed by atoms with van der Waals surface area (Å²) in [6.45, 7) is 5.52. The summed E-state index contributed by atoms with van der Waals surface area (Å²) in [7, 11) is 4.07. The normalized spacial score (nSPS) is 17.4. The number of carbonyl (C=O) groups is 2. The molecule has 230 valence electrons. The van der Waals surface area contributed by atoms with Gasteiger partial charge in [-0.05, 0) is 84.3 Å². The van der Waals surface area contributed by atoms with Crippen LogP contribution in [0.2, 0.25) is 0 Å². The second-order valence-corrected chi connectivity index (χ2v) is 12.4. The maximum Gasteiger partial charge on any atom is 0.306 e. The van der Waals surface area contributed by atoms with Crippen LogP contribution in [0.15, 0.2) is 0 Å². The average Bonchev–Trinajstić information content (AvgIpc) is 3.65. The predicted molar refractivity (Wildman–Crippen MR) is 164 cm³/mol. The van der Waals surface area contributed by atoms with Crippen molar-refractivity contribution in [1.82, 2.24) is 4.90 Å². The first-order valence-corrected chi connectivity index (χ1v) is 17.0. The second kappa shape index (κ2) is 24.7. The van der Waals surface area contributed by atoms with E-state index in [1.165, 1.54) is 83.5 Å². The van der Waals surface area contributed by atoms with Gasteiger partial charge >= 0.3 is 11.9 Å². The summed E-state index contributed by atoms with van der Waals surface area (Å²) in [4.78, 5) is 26.0. The molecular weight excluding hydrogens is 486 g/mol. The van der Waals surface area contributed by atoms with Crippen molar-refractivity contribution in [3.05, 3.63) is 0 Å². The van der Waals surface area contributed by atoms with Gasteiger partial charge in [0.1, 0.15) is 6.10 Å². The van der Waals surface area contributed by atoms with Crippen LogP contribution in [0.1, 0.15) is 162 Å². The Balaban J connectivity index is 2.13. The van der Waals surface area contributed by atoms with Crippen LogP contribution in [0.5, 0.6) is 0 Å². The molecule has 3 unspecified atom stereocenters. The number of hydrogen-bond acceptors (Lipinski definition) is 5. The monoisotopic (exact) mass is 551 g/mol. The molecule has 0 aromatic carbocycles. The lowest BCUT2D eigenvalue weighted by molar-refractivity contribution is -0.150. The van der Waals surface area contributed by atoms with E-state index in [0.717, 1.165) is 69.7 Å². The highest BCUT2D eigenvalue weighted by atomic mass is 16.5. The highest BCUT2D eigenvalue weighted by Gasteiger charge is 2.35. The Morgan fingerprint density at radius 3 is 1.74 bits per heavy atom. The third-order valence-corrected chi connectivity index (χ3v) is 8.35. The van der Waals surface area contributed by atoms with Gasteiger partial charge in [-0.1, -0.05) is 96.8 Å². The lowest BCUT2D eigenvalue weighted by Gasteiger charge is -2.18. The molecule has 0 N–H and O–H groups in total. The fraction of sp³-hybridized carbons (Fsp3) is 0.941. The fourth-order valence-corrected chi connectivity index (χ4v) is 5.79. The van der Waals surface area contributed by atoms with Gasteiger partial charge in [-0.2, -0.15) is 0 Å². The van der Waals surface area contributed by atoms with Gasteiger partial charge in [-0.25, -0.2) is 0 Å². The van der Waals surface area contributed by atoms with Crippen molar-refractivity contribution in [2.24, 2.45) is 11.8 Å². The highest BCUT2D eigenvalue weighted by Crippen LogP contribution is 2.45. The van der Waals surface area contributed by atoms with E-state index in [2.05, 4.69) is 11.8 Å². The number of unbranched alkanes of at least 4 members (excludes halogenated alkanes) is 12. The zero-order valence-electron chi connectivity index (χ0n) is 26.5. The van der Waals surface area contributed by atoms with Gasteiger partial charge in [0.2, 0.25) is 0 Å². The molecule has 1 saturated carbocycles. The third kappa shape index (κ3) is 22.3. The van der Waals surface area contributed by atoms with Crippen LogP contribution in [0.4, 0.5) is 0 Å². The topological polar surface area (TPSA) is 55.8 Å². The minimum Gasteiger partial charge on any atom is -0.466 e. The van der Waals surface area contributed by atoms with Crippen molar-refractivity contribution < 1.29 is 19.1 Å². The van der Waals surface area contributed by atoms with Gasteiger partial charge in [0.05, 0.1) is 6.61 Å². The van der Waals surface area contributed by atoms with Gasteiger partial charge in [0.15, 0.2) is 0 Å². The first-order valence-electron chi connectivity index (χ1n) is 17.0. The van der Waals surface area contributed by atoms with Crippen LogP contribution in [0.25, 0.3) is 0 Å². The molecule has 1 aliphatic carbocycles. The van der Waals surface area contributed by atoms with E-state index >= 15 is 0 Å². The van der Waals surface area contributed by atoms with Crippen molar-refractivity contribution in [1.29, 1.82) is 0 Å². The quantitative estimate of drug-likeness (QED) is 0.0716. The van der Waals surface area contributed by atoms with Crippen LogP contribution in [-0.2, 0) is 19.1 Å². The molecule has 0 radical (unpaired) electrons. The van der Waals surface area contributed by atoms with Gasteiger partial charge in [0, 0.05) is 12.8 Å². The molecule has 0 aromatic heterocycles. The first kappa shape index (κ1) is 35.9. The fourth-order valence-electron chi connectivity index (χ4n) is 5.79. The molecule has 1 fully saturated rings. The molecule has 0 saturated heterocycles. The summed E-state index contributed by atoms with van der Waals surface area (Å²) in [6.07, 6.45) is 27.4. The first-order chi connectivity index (χ1) is 19.0. The van der Waals surface area contributed by atoms with Crippen molar-refractivity contribution in [3.8, 4) is 0 Å². The van der Waals surface area contributed by atoms with E-state index in [9.17, 15) is 9.59 Å². The minimum absolute atomic E-state index is 0.0379. The van der Waals surface area contributed by atoms with Crippen LogP contribution in [0.3, 0.4) is 0 Å². The number of hydrogen-bond donors (Lipinski definition) is 0. The summed E-state index contributed by atoms with van der Waals surface area (Å²) in [6, 6.07) is 0. The maximum absolute atomic E-state index is 12.4. The summed E-state index contributed by atoms with van der Waals surface area (Å²) < 4.78 is 10.9. The lowest BCUT2D eigenvalue weighted by Crippen LogP contribution is -2.20. The van der Waals surface area contributed by atoms with Gasteiger partial charge in [-0.15, -0.1) is 0 Å². The van der Waals surface area contributed by atoms with Gasteiger partial charge in [0.25, 0.3) is 0 Å². The van der Waals surface area contributed by atoms with E-state index < -0.39 is 0 Å². The Morgan fingerprint density at radius 1 is 0.667 bits per heavy atom. The van der Waals surface area contributed by atoms with Crippen LogP contribution in [0, 0.1) is 11.8 Å². The summed E-state index contributed by atoms with van der Waals surface area (Å²) >= 11 is 0. The van der Waals surface area contributed by atoms with Crippen LogP contribution < -0.4 is 0 Å². The van der Waals surface area contributed by atoms with Crippen molar-refractivity contribution in [3.63, 3.8) is 0 Å². The number of nitrogens with zero attached hydrogens (tertiary/aromatic N) is 1. The molecular formula is C34H65NO4. The molecule has 0 aromatic rings. The molecule has 1 aliphatic rings. The molecule has 0 spiro atoms. The van der Waals surface area contributed by atoms with Crippen LogP contribution >= 0.6 is 0 Å². The van der Waals surface area contributed by atoms with E-state index in [1.807, 2.05) is 21.0 Å². The summed E-state index contributed by atoms with van der Waals surface area (Å²) in [5.74, 6) is 1.96. The minimum atomic E-state index is -0.0906. The van der Waals surface area contributed by atoms with Crippen molar-refractivity contribution in [2.75, 3.05) is 27.2 Å². The molecule has 3 atom stereocenters. The Labute approximate surface area is 242 Å². The standard InChI is InChI=1S/C34H65NO4/c1-5-7-8-9-11-16-22-30-29-31(30)23-17-12-10-13-18-24-32(39-34(37)27-21-28-35(3)4)25-19-14-15-20-26-33(36)38-6-2/h30-32H,5-29H2,1-4H3. The SMILES string of the molecule is CCCCCCCCC1CC1CCCCCCCC(CCCCCCC(=O)OCC)OC(=O)CCCN(C)C. The zero-order chi connectivity index (χ0) is 28.6. The zero-order valence-corrected chi connectivity index (χ0v) is 26.5. The van der Waals surface area contributed by atoms with Gasteiger partial charge < -0.3 is 14.4 Å². The molecule has 0 amide bonds. The Kier molecular flexibility index (Phi) is 22.7. The van der Waals surface area contributed by atoms with E-state index in [4.69, 9.17) is 9.47 Å². The number of carbonyl (C=O) groups excluding carboxylic acids is 2. The van der Waals surface area contributed by atoms with Crippen molar-refractivity contribution >= 4 is 11.9 Å². The number of esters is 2. The largest absolute Gasteiger partial charge is 0.466 e. The Bertz CT molecular complexity index is 594. The van der Waals surface area contributed by atoms with Crippen molar-refractivity contribution in [2.45, 2.75) is 168 Å². The molecule has 0 bridgehead atoms. The predicted octanol–water partition coefficient (Wildman–Crippen LogP) is 9.26. The smallest absolute Gasteiger partial charge is 0.306 e. The third-order valence-electron chi connectivity index (χ3n) is 8.35. The lowest BCUT2D eigenvalue weighted by atomic mass is 10.0. The molecule has 0 aliphatic heterocycles. The summed E-state index contributed by atoms with van der Waals surface area (Å²) in [5.41, 5.74) is 0. The highest BCUT2D eigenvalue weighted by molar-refractivity contribution is 5.69. The second-order valence-electron chi connectivity index (χ2n) is 12.4. The average molecular weight is 552 g/mol. The molecule has 39 heavy (non-hydrogen) atoms. The van der Waals surface area contributed by atoms with Crippen LogP contribution in [-0.4, -0.2) is 50.2 Å².